The summed E-state index contributed by atoms with van der Waals surface area (Å²) in [5.74, 6) is 1.33. The molecule has 1 rings (SSSR count). The van der Waals surface area contributed by atoms with Crippen molar-refractivity contribution >= 4 is 5.97 Å². The molecule has 0 radical (unpaired) electrons. The number of carbonyl (C=O) groups is 1. The molecule has 0 saturated carbocycles. The molecule has 15 heavy (non-hydrogen) atoms. The number of rotatable bonds is 4. The largest absolute Gasteiger partial charge is 0.493 e. The third-order valence-electron chi connectivity index (χ3n) is 1.88. The van der Waals surface area contributed by atoms with Gasteiger partial charge in [-0.25, -0.2) is 0 Å². The lowest BCUT2D eigenvalue weighted by molar-refractivity contribution is -0.134. The molecule has 0 unspecified atom stereocenters. The topological polar surface area (TPSA) is 44.8 Å². The molecule has 0 atom stereocenters. The lowest BCUT2D eigenvalue weighted by Crippen LogP contribution is -2.05. The predicted molar refractivity (Wildman–Crippen MR) is 55.5 cm³/mol. The Morgan fingerprint density at radius 3 is 2.40 bits per heavy atom. The van der Waals surface area contributed by atoms with E-state index < -0.39 is 0 Å². The molecule has 4 heteroatoms. The van der Waals surface area contributed by atoms with Crippen LogP contribution in [0.25, 0.3) is 0 Å². The minimum atomic E-state index is -0.276. The minimum Gasteiger partial charge on any atom is -0.493 e. The first-order valence-corrected chi connectivity index (χ1v) is 4.64. The van der Waals surface area contributed by atoms with E-state index in [0.717, 1.165) is 0 Å². The van der Waals surface area contributed by atoms with Crippen molar-refractivity contribution in [3.63, 3.8) is 0 Å². The van der Waals surface area contributed by atoms with Gasteiger partial charge in [-0.1, -0.05) is 6.92 Å². The molecule has 0 bridgehead atoms. The fourth-order valence-electron chi connectivity index (χ4n) is 1.08. The van der Waals surface area contributed by atoms with Crippen molar-refractivity contribution in [1.82, 2.24) is 0 Å². The molecule has 4 nitrogen and oxygen atoms in total. The molecule has 82 valence electrons. The van der Waals surface area contributed by atoms with Gasteiger partial charge in [0.1, 0.15) is 5.75 Å². The van der Waals surface area contributed by atoms with Crippen LogP contribution in [0.1, 0.15) is 13.3 Å². The highest BCUT2D eigenvalue weighted by Gasteiger charge is 2.07. The van der Waals surface area contributed by atoms with Gasteiger partial charge in [-0.15, -0.1) is 0 Å². The van der Waals surface area contributed by atoms with Gasteiger partial charge in [-0.2, -0.15) is 0 Å². The predicted octanol–water partition coefficient (Wildman–Crippen LogP) is 2.02. The maximum atomic E-state index is 11.0. The quantitative estimate of drug-likeness (QED) is 0.563. The zero-order valence-electron chi connectivity index (χ0n) is 9.07. The van der Waals surface area contributed by atoms with Crippen molar-refractivity contribution in [2.75, 3.05) is 14.2 Å². The van der Waals surface area contributed by atoms with Gasteiger partial charge < -0.3 is 14.2 Å². The maximum Gasteiger partial charge on any atom is 0.310 e. The molecule has 0 aromatic heterocycles. The molecule has 0 spiro atoms. The van der Waals surface area contributed by atoms with Crippen LogP contribution in [0.4, 0.5) is 0 Å². The van der Waals surface area contributed by atoms with Gasteiger partial charge in [0.15, 0.2) is 11.5 Å². The van der Waals surface area contributed by atoms with E-state index in [1.165, 1.54) is 7.11 Å². The van der Waals surface area contributed by atoms with Crippen LogP contribution >= 0.6 is 0 Å². The highest BCUT2D eigenvalue weighted by atomic mass is 16.5. The highest BCUT2D eigenvalue weighted by molar-refractivity contribution is 5.72. The average Bonchev–Trinajstić information content (AvgIpc) is 2.28. The van der Waals surface area contributed by atoms with Crippen LogP contribution in [0.3, 0.4) is 0 Å². The maximum absolute atomic E-state index is 11.0. The smallest absolute Gasteiger partial charge is 0.310 e. The van der Waals surface area contributed by atoms with Crippen LogP contribution in [-0.4, -0.2) is 20.2 Å². The van der Waals surface area contributed by atoms with Crippen molar-refractivity contribution in [2.24, 2.45) is 0 Å². The first-order chi connectivity index (χ1) is 7.21. The molecular weight excluding hydrogens is 196 g/mol. The zero-order valence-corrected chi connectivity index (χ0v) is 9.07. The standard InChI is InChI=1S/C11H14O4/c1-4-11(12)15-8-5-6-9(13-2)10(7-8)14-3/h5-7H,4H2,1-3H3. The van der Waals surface area contributed by atoms with Gasteiger partial charge >= 0.3 is 5.97 Å². The Hall–Kier alpha value is -1.71. The fourth-order valence-corrected chi connectivity index (χ4v) is 1.08. The summed E-state index contributed by atoms with van der Waals surface area (Å²) >= 11 is 0. The molecule has 1 aromatic carbocycles. The number of hydrogen-bond donors (Lipinski definition) is 0. The van der Waals surface area contributed by atoms with Crippen LogP contribution in [-0.2, 0) is 4.79 Å². The van der Waals surface area contributed by atoms with Crippen LogP contribution < -0.4 is 14.2 Å². The van der Waals surface area contributed by atoms with E-state index in [-0.39, 0.29) is 5.97 Å². The van der Waals surface area contributed by atoms with E-state index in [1.54, 1.807) is 32.2 Å². The fraction of sp³-hybridized carbons (Fsp3) is 0.364. The number of carbonyl (C=O) groups excluding carboxylic acids is 1. The summed E-state index contributed by atoms with van der Waals surface area (Å²) in [5.41, 5.74) is 0. The van der Waals surface area contributed by atoms with E-state index >= 15 is 0 Å². The van der Waals surface area contributed by atoms with Gasteiger partial charge in [0.05, 0.1) is 14.2 Å². The van der Waals surface area contributed by atoms with E-state index in [0.29, 0.717) is 23.7 Å². The second-order valence-corrected chi connectivity index (χ2v) is 2.84. The Balaban J connectivity index is 2.88. The van der Waals surface area contributed by atoms with Gasteiger partial charge in [0.2, 0.25) is 0 Å². The third-order valence-corrected chi connectivity index (χ3v) is 1.88. The molecule has 1 aromatic rings. The molecule has 0 aliphatic heterocycles. The molecular formula is C11H14O4. The number of methoxy groups -OCH3 is 2. The van der Waals surface area contributed by atoms with Crippen molar-refractivity contribution in [3.8, 4) is 17.2 Å². The second-order valence-electron chi connectivity index (χ2n) is 2.84. The molecule has 0 aliphatic rings. The Morgan fingerprint density at radius 2 is 1.87 bits per heavy atom. The molecule has 0 aliphatic carbocycles. The SMILES string of the molecule is CCC(=O)Oc1ccc(OC)c(OC)c1. The van der Waals surface area contributed by atoms with E-state index in [2.05, 4.69) is 0 Å². The summed E-state index contributed by atoms with van der Waals surface area (Å²) in [6, 6.07) is 4.97. The lowest BCUT2D eigenvalue weighted by atomic mass is 10.3. The number of benzene rings is 1. The Kier molecular flexibility index (Phi) is 3.97. The Morgan fingerprint density at radius 1 is 1.20 bits per heavy atom. The van der Waals surface area contributed by atoms with Gasteiger partial charge in [0, 0.05) is 12.5 Å². The number of esters is 1. The monoisotopic (exact) mass is 210 g/mol. The number of hydrogen-bond acceptors (Lipinski definition) is 4. The summed E-state index contributed by atoms with van der Waals surface area (Å²) in [7, 11) is 3.08. The molecule has 0 amide bonds. The van der Waals surface area contributed by atoms with Gasteiger partial charge in [-0.05, 0) is 12.1 Å². The average molecular weight is 210 g/mol. The highest BCUT2D eigenvalue weighted by Crippen LogP contribution is 2.30. The van der Waals surface area contributed by atoms with Crippen LogP contribution in [0.5, 0.6) is 17.2 Å². The summed E-state index contributed by atoms with van der Waals surface area (Å²) in [4.78, 5) is 11.0. The first-order valence-electron chi connectivity index (χ1n) is 4.64. The molecule has 0 saturated heterocycles. The third kappa shape index (κ3) is 2.87. The van der Waals surface area contributed by atoms with E-state index in [4.69, 9.17) is 14.2 Å². The summed E-state index contributed by atoms with van der Waals surface area (Å²) < 4.78 is 15.2. The second kappa shape index (κ2) is 5.24. The van der Waals surface area contributed by atoms with Crippen LogP contribution in [0.15, 0.2) is 18.2 Å². The Labute approximate surface area is 88.8 Å². The van der Waals surface area contributed by atoms with Gasteiger partial charge in [0.25, 0.3) is 0 Å². The van der Waals surface area contributed by atoms with Crippen molar-refractivity contribution in [1.29, 1.82) is 0 Å². The van der Waals surface area contributed by atoms with Gasteiger partial charge in [-0.3, -0.25) is 4.79 Å². The summed E-state index contributed by atoms with van der Waals surface area (Å²) in [5, 5.41) is 0. The van der Waals surface area contributed by atoms with Crippen LogP contribution in [0, 0.1) is 0 Å². The molecule has 0 heterocycles. The summed E-state index contributed by atoms with van der Waals surface area (Å²) in [6.07, 6.45) is 0.342. The van der Waals surface area contributed by atoms with E-state index in [9.17, 15) is 4.79 Å². The van der Waals surface area contributed by atoms with Crippen molar-refractivity contribution in [3.05, 3.63) is 18.2 Å². The summed E-state index contributed by atoms with van der Waals surface area (Å²) in [6.45, 7) is 1.74. The Bertz CT molecular complexity index is 346. The zero-order chi connectivity index (χ0) is 11.3. The van der Waals surface area contributed by atoms with Crippen molar-refractivity contribution < 1.29 is 19.0 Å². The minimum absolute atomic E-state index is 0.276. The lowest BCUT2D eigenvalue weighted by Gasteiger charge is -2.09. The van der Waals surface area contributed by atoms with Crippen molar-refractivity contribution in [2.45, 2.75) is 13.3 Å². The van der Waals surface area contributed by atoms with E-state index in [1.807, 2.05) is 0 Å². The normalized spacial score (nSPS) is 9.53. The molecule has 0 N–H and O–H groups in total. The van der Waals surface area contributed by atoms with Crippen LogP contribution in [0.2, 0.25) is 0 Å². The molecule has 0 fully saturated rings. The number of ether oxygens (including phenoxy) is 3. The first kappa shape index (κ1) is 11.4.